The predicted molar refractivity (Wildman–Crippen MR) is 89.2 cm³/mol. The standard InChI is InChI=1S/C18H31N3/c1-6-14(4)17-12-21(18(11-20-17)13(2)3)15(5)16-9-7-8-10-19-16/h7-10,13-15,17-18,20H,6,11-12H2,1-5H3. The Morgan fingerprint density at radius 3 is 2.62 bits per heavy atom. The summed E-state index contributed by atoms with van der Waals surface area (Å²) in [6.45, 7) is 13.8. The number of piperazine rings is 1. The molecule has 0 radical (unpaired) electrons. The molecule has 4 atom stereocenters. The number of pyridine rings is 1. The Bertz CT molecular complexity index is 418. The van der Waals surface area contributed by atoms with Gasteiger partial charge in [-0.1, -0.05) is 40.2 Å². The Kier molecular flexibility index (Phi) is 5.77. The summed E-state index contributed by atoms with van der Waals surface area (Å²) in [6.07, 6.45) is 3.14. The van der Waals surface area contributed by atoms with Crippen LogP contribution in [0.5, 0.6) is 0 Å². The van der Waals surface area contributed by atoms with Gasteiger partial charge in [-0.05, 0) is 30.9 Å². The lowest BCUT2D eigenvalue weighted by Crippen LogP contribution is -2.60. The van der Waals surface area contributed by atoms with Gasteiger partial charge in [0.25, 0.3) is 0 Å². The number of nitrogens with zero attached hydrogens (tertiary/aromatic N) is 2. The monoisotopic (exact) mass is 289 g/mol. The zero-order chi connectivity index (χ0) is 15.4. The van der Waals surface area contributed by atoms with Crippen LogP contribution in [0.4, 0.5) is 0 Å². The molecule has 0 bridgehead atoms. The van der Waals surface area contributed by atoms with Crippen LogP contribution in [0.25, 0.3) is 0 Å². The molecule has 118 valence electrons. The largest absolute Gasteiger partial charge is 0.311 e. The molecule has 1 aromatic heterocycles. The van der Waals surface area contributed by atoms with E-state index in [1.807, 2.05) is 12.3 Å². The highest BCUT2D eigenvalue weighted by Gasteiger charge is 2.35. The summed E-state index contributed by atoms with van der Waals surface area (Å²) >= 11 is 0. The minimum absolute atomic E-state index is 0.382. The second-order valence-corrected chi connectivity index (χ2v) is 6.84. The molecule has 21 heavy (non-hydrogen) atoms. The van der Waals surface area contributed by atoms with Crippen LogP contribution in [0.15, 0.2) is 24.4 Å². The lowest BCUT2D eigenvalue weighted by Gasteiger charge is -2.46. The van der Waals surface area contributed by atoms with Crippen molar-refractivity contribution in [1.29, 1.82) is 0 Å². The Morgan fingerprint density at radius 1 is 1.29 bits per heavy atom. The molecule has 4 unspecified atom stereocenters. The number of hydrogen-bond acceptors (Lipinski definition) is 3. The first-order chi connectivity index (χ1) is 10.0. The third kappa shape index (κ3) is 3.83. The molecule has 2 heterocycles. The highest BCUT2D eigenvalue weighted by Crippen LogP contribution is 2.28. The molecule has 0 aromatic carbocycles. The van der Waals surface area contributed by atoms with Crippen molar-refractivity contribution < 1.29 is 0 Å². The lowest BCUT2D eigenvalue weighted by atomic mass is 9.90. The maximum atomic E-state index is 4.58. The highest BCUT2D eigenvalue weighted by molar-refractivity contribution is 5.09. The van der Waals surface area contributed by atoms with Gasteiger partial charge in [-0.2, -0.15) is 0 Å². The summed E-state index contributed by atoms with van der Waals surface area (Å²) < 4.78 is 0. The van der Waals surface area contributed by atoms with Crippen LogP contribution in [-0.2, 0) is 0 Å². The Morgan fingerprint density at radius 2 is 2.05 bits per heavy atom. The first-order valence-electron chi connectivity index (χ1n) is 8.44. The van der Waals surface area contributed by atoms with Crippen LogP contribution in [0.2, 0.25) is 0 Å². The Hall–Kier alpha value is -0.930. The van der Waals surface area contributed by atoms with E-state index in [4.69, 9.17) is 0 Å². The quantitative estimate of drug-likeness (QED) is 0.899. The van der Waals surface area contributed by atoms with Crippen LogP contribution >= 0.6 is 0 Å². The lowest BCUT2D eigenvalue weighted by molar-refractivity contribution is 0.0474. The van der Waals surface area contributed by atoms with Gasteiger partial charge in [0.2, 0.25) is 0 Å². The fraction of sp³-hybridized carbons (Fsp3) is 0.722. The normalized spacial score (nSPS) is 26.8. The fourth-order valence-corrected chi connectivity index (χ4v) is 3.34. The van der Waals surface area contributed by atoms with Gasteiger partial charge in [-0.3, -0.25) is 9.88 Å². The van der Waals surface area contributed by atoms with Gasteiger partial charge in [0.15, 0.2) is 0 Å². The van der Waals surface area contributed by atoms with Gasteiger partial charge >= 0.3 is 0 Å². The van der Waals surface area contributed by atoms with E-state index in [9.17, 15) is 0 Å². The molecule has 1 fully saturated rings. The molecule has 0 aliphatic carbocycles. The van der Waals surface area contributed by atoms with Crippen LogP contribution in [0.1, 0.15) is 52.8 Å². The van der Waals surface area contributed by atoms with Crippen LogP contribution in [0, 0.1) is 11.8 Å². The van der Waals surface area contributed by atoms with Crippen molar-refractivity contribution in [2.75, 3.05) is 13.1 Å². The van der Waals surface area contributed by atoms with E-state index in [2.05, 4.69) is 62.0 Å². The second-order valence-electron chi connectivity index (χ2n) is 6.84. The van der Waals surface area contributed by atoms with Crippen molar-refractivity contribution in [3.05, 3.63) is 30.1 Å². The highest BCUT2D eigenvalue weighted by atomic mass is 15.3. The number of hydrogen-bond donors (Lipinski definition) is 1. The third-order valence-electron chi connectivity index (χ3n) is 5.14. The number of rotatable bonds is 5. The van der Waals surface area contributed by atoms with Gasteiger partial charge in [-0.15, -0.1) is 0 Å². The summed E-state index contributed by atoms with van der Waals surface area (Å²) in [6, 6.07) is 7.81. The van der Waals surface area contributed by atoms with Crippen molar-refractivity contribution in [2.45, 2.75) is 59.2 Å². The zero-order valence-electron chi connectivity index (χ0n) is 14.2. The van der Waals surface area contributed by atoms with Crippen LogP contribution in [0.3, 0.4) is 0 Å². The van der Waals surface area contributed by atoms with Gasteiger partial charge in [0.1, 0.15) is 0 Å². The summed E-state index contributed by atoms with van der Waals surface area (Å²) in [4.78, 5) is 7.24. The summed E-state index contributed by atoms with van der Waals surface area (Å²) in [5.74, 6) is 1.37. The Labute approximate surface area is 130 Å². The van der Waals surface area contributed by atoms with Crippen molar-refractivity contribution in [3.63, 3.8) is 0 Å². The van der Waals surface area contributed by atoms with Crippen LogP contribution in [-0.4, -0.2) is 35.1 Å². The average Bonchev–Trinajstić information content (AvgIpc) is 2.53. The summed E-state index contributed by atoms with van der Waals surface area (Å²) in [5, 5.41) is 3.78. The maximum Gasteiger partial charge on any atom is 0.0572 e. The molecule has 2 rings (SSSR count). The average molecular weight is 289 g/mol. The molecular formula is C18H31N3. The van der Waals surface area contributed by atoms with Crippen molar-refractivity contribution in [3.8, 4) is 0 Å². The molecule has 0 saturated carbocycles. The molecule has 1 aliphatic heterocycles. The Balaban J connectivity index is 2.17. The van der Waals surface area contributed by atoms with E-state index in [-0.39, 0.29) is 0 Å². The van der Waals surface area contributed by atoms with E-state index < -0.39 is 0 Å². The smallest absolute Gasteiger partial charge is 0.0572 e. The van der Waals surface area contributed by atoms with E-state index in [0.717, 1.165) is 19.0 Å². The molecule has 1 aliphatic rings. The van der Waals surface area contributed by atoms with Gasteiger partial charge < -0.3 is 5.32 Å². The maximum absolute atomic E-state index is 4.58. The number of aromatic nitrogens is 1. The first kappa shape index (κ1) is 16.4. The van der Waals surface area contributed by atoms with Crippen molar-refractivity contribution >= 4 is 0 Å². The van der Waals surface area contributed by atoms with E-state index in [1.165, 1.54) is 12.1 Å². The van der Waals surface area contributed by atoms with Gasteiger partial charge in [0, 0.05) is 37.4 Å². The van der Waals surface area contributed by atoms with Gasteiger partial charge in [0.05, 0.1) is 5.69 Å². The molecule has 3 heteroatoms. The second kappa shape index (κ2) is 7.37. The van der Waals surface area contributed by atoms with Crippen molar-refractivity contribution in [2.24, 2.45) is 11.8 Å². The van der Waals surface area contributed by atoms with Crippen molar-refractivity contribution in [1.82, 2.24) is 15.2 Å². The van der Waals surface area contributed by atoms with E-state index >= 15 is 0 Å². The fourth-order valence-electron chi connectivity index (χ4n) is 3.34. The zero-order valence-corrected chi connectivity index (χ0v) is 14.2. The molecule has 0 spiro atoms. The first-order valence-corrected chi connectivity index (χ1v) is 8.44. The van der Waals surface area contributed by atoms with Crippen LogP contribution < -0.4 is 5.32 Å². The van der Waals surface area contributed by atoms with Gasteiger partial charge in [-0.25, -0.2) is 0 Å². The molecule has 1 N–H and O–H groups in total. The van der Waals surface area contributed by atoms with E-state index in [0.29, 0.717) is 24.0 Å². The minimum Gasteiger partial charge on any atom is -0.311 e. The molecule has 3 nitrogen and oxygen atoms in total. The molecule has 1 aromatic rings. The SMILES string of the molecule is CCC(C)C1CN(C(C)c2ccccn2)C(C(C)C)CN1. The molecule has 1 saturated heterocycles. The summed E-state index contributed by atoms with van der Waals surface area (Å²) in [7, 11) is 0. The topological polar surface area (TPSA) is 28.2 Å². The molecular weight excluding hydrogens is 258 g/mol. The minimum atomic E-state index is 0.382. The predicted octanol–water partition coefficient (Wildman–Crippen LogP) is 3.49. The molecule has 0 amide bonds. The number of nitrogens with one attached hydrogen (secondary N) is 1. The third-order valence-corrected chi connectivity index (χ3v) is 5.14. The summed E-state index contributed by atoms with van der Waals surface area (Å²) in [5.41, 5.74) is 1.19. The van der Waals surface area contributed by atoms with E-state index in [1.54, 1.807) is 0 Å².